The van der Waals surface area contributed by atoms with Crippen LogP contribution in [-0.2, 0) is 5.41 Å². The first-order valence-corrected chi connectivity index (χ1v) is 42.8. The van der Waals surface area contributed by atoms with Crippen LogP contribution in [0.15, 0.2) is 401 Å². The summed E-state index contributed by atoms with van der Waals surface area (Å²) in [5.74, 6) is 4.06. The fourth-order valence-electron chi connectivity index (χ4n) is 17.5. The van der Waals surface area contributed by atoms with Gasteiger partial charge in [0.2, 0.25) is 0 Å². The SMILES string of the molecule is Cc1ccc(-c2ccc(-c3nc(-c4ccc(-c5cccnc5)cc4)nc(-c4cc(-c5ccc(-c6ccccc6)cc5)cc(-c5cccc6ccccc56)c4)n3)cc2)c(C)n1.Cc1ccc(-c2ccnc(-c3cc(-c4nc(-c5ccc(-c6ccccn6)cc5)nc(-c5ccc(-c6ncccn6)cc5)n4)cc(-c4cc5c(c6ccccc46)-c4ccccc4C5(C)C)c3)c2)nc1. The van der Waals surface area contributed by atoms with E-state index in [-0.39, 0.29) is 5.41 Å². The van der Waals surface area contributed by atoms with Crippen molar-refractivity contribution >= 4 is 21.5 Å². The summed E-state index contributed by atoms with van der Waals surface area (Å²) in [5.41, 5.74) is 33.0. The molecule has 0 amide bonds. The van der Waals surface area contributed by atoms with Crippen LogP contribution in [0.1, 0.15) is 41.9 Å². The summed E-state index contributed by atoms with van der Waals surface area (Å²) in [6.07, 6.45) is 12.7. The van der Waals surface area contributed by atoms with Crippen LogP contribution in [0.4, 0.5) is 0 Å². The van der Waals surface area contributed by atoms with Crippen molar-refractivity contribution < 1.29 is 0 Å². The average molecular weight is 1650 g/mol. The quantitative estimate of drug-likeness (QED) is 0.0897. The van der Waals surface area contributed by atoms with Crippen molar-refractivity contribution in [3.63, 3.8) is 0 Å². The molecular weight excluding hydrogens is 1560 g/mol. The zero-order chi connectivity index (χ0) is 86.2. The molecular formula is C115H81N13. The molecule has 13 aromatic carbocycles. The summed E-state index contributed by atoms with van der Waals surface area (Å²) >= 11 is 0. The van der Waals surface area contributed by atoms with E-state index in [0.717, 1.165) is 145 Å². The number of pyridine rings is 5. The lowest BCUT2D eigenvalue weighted by atomic mass is 9.80. The summed E-state index contributed by atoms with van der Waals surface area (Å²) in [6, 6.07) is 125. The highest BCUT2D eigenvalue weighted by Crippen LogP contribution is 2.54. The van der Waals surface area contributed by atoms with Gasteiger partial charge in [0.05, 0.1) is 17.1 Å². The van der Waals surface area contributed by atoms with Crippen LogP contribution in [-0.4, -0.2) is 64.8 Å². The van der Waals surface area contributed by atoms with Gasteiger partial charge in [-0.15, -0.1) is 0 Å². The second-order valence-electron chi connectivity index (χ2n) is 32.8. The predicted molar refractivity (Wildman–Crippen MR) is 518 cm³/mol. The van der Waals surface area contributed by atoms with Gasteiger partial charge >= 0.3 is 0 Å². The molecule has 0 unspecified atom stereocenters. The molecule has 0 saturated carbocycles. The number of fused-ring (bicyclic) bond motifs is 6. The van der Waals surface area contributed by atoms with Crippen molar-refractivity contribution in [2.24, 2.45) is 0 Å². The molecule has 0 saturated heterocycles. The molecule has 0 radical (unpaired) electrons. The Hall–Kier alpha value is -16.8. The van der Waals surface area contributed by atoms with Crippen LogP contribution in [0.5, 0.6) is 0 Å². The third-order valence-electron chi connectivity index (χ3n) is 24.1. The number of hydrogen-bond acceptors (Lipinski definition) is 13. The van der Waals surface area contributed by atoms with Gasteiger partial charge in [0.1, 0.15) is 0 Å². The Kier molecular flexibility index (Phi) is 20.7. The van der Waals surface area contributed by atoms with E-state index in [4.69, 9.17) is 44.9 Å². The van der Waals surface area contributed by atoms with Crippen LogP contribution < -0.4 is 0 Å². The van der Waals surface area contributed by atoms with Crippen molar-refractivity contribution in [1.29, 1.82) is 0 Å². The lowest BCUT2D eigenvalue weighted by Crippen LogP contribution is -2.15. The third-order valence-corrected chi connectivity index (χ3v) is 24.1. The zero-order valence-electron chi connectivity index (χ0n) is 70.9. The van der Waals surface area contributed by atoms with Gasteiger partial charge in [0, 0.05) is 121 Å². The number of aromatic nitrogens is 13. The van der Waals surface area contributed by atoms with Gasteiger partial charge in [-0.25, -0.2) is 39.9 Å². The average Bonchev–Trinajstić information content (AvgIpc) is 1.55. The van der Waals surface area contributed by atoms with E-state index >= 15 is 0 Å². The highest BCUT2D eigenvalue weighted by Gasteiger charge is 2.37. The highest BCUT2D eigenvalue weighted by molar-refractivity contribution is 6.10. The van der Waals surface area contributed by atoms with E-state index in [1.807, 2.05) is 105 Å². The maximum absolute atomic E-state index is 5.29. The smallest absolute Gasteiger partial charge is 0.164 e. The Labute approximate surface area is 742 Å². The molecule has 128 heavy (non-hydrogen) atoms. The molecule has 606 valence electrons. The molecule has 8 heterocycles. The molecule has 8 aromatic heterocycles. The molecule has 0 bridgehead atoms. The Balaban J connectivity index is 0.000000157. The molecule has 1 aliphatic rings. The number of rotatable bonds is 16. The van der Waals surface area contributed by atoms with Crippen molar-refractivity contribution in [2.45, 2.75) is 40.0 Å². The maximum Gasteiger partial charge on any atom is 0.164 e. The van der Waals surface area contributed by atoms with Gasteiger partial charge in [-0.05, 0) is 222 Å². The van der Waals surface area contributed by atoms with E-state index < -0.39 is 0 Å². The molecule has 13 nitrogen and oxygen atoms in total. The number of hydrogen-bond donors (Lipinski definition) is 0. The van der Waals surface area contributed by atoms with Gasteiger partial charge in [-0.3, -0.25) is 24.9 Å². The predicted octanol–water partition coefficient (Wildman–Crippen LogP) is 27.7. The molecule has 0 spiro atoms. The minimum absolute atomic E-state index is 0.214. The molecule has 22 rings (SSSR count). The normalized spacial score (nSPS) is 11.9. The Morgan fingerprint density at radius 3 is 1.31 bits per heavy atom. The van der Waals surface area contributed by atoms with Crippen molar-refractivity contribution in [3.05, 3.63) is 429 Å². The summed E-state index contributed by atoms with van der Waals surface area (Å²) in [7, 11) is 0. The molecule has 0 aliphatic heterocycles. The molecule has 21 aromatic rings. The first kappa shape index (κ1) is 78.5. The first-order valence-electron chi connectivity index (χ1n) is 42.8. The van der Waals surface area contributed by atoms with Crippen molar-refractivity contribution in [2.75, 3.05) is 0 Å². The minimum Gasteiger partial charge on any atom is -0.264 e. The van der Waals surface area contributed by atoms with E-state index in [1.165, 1.54) is 54.9 Å². The summed E-state index contributed by atoms with van der Waals surface area (Å²) in [6.45, 7) is 10.8. The zero-order valence-corrected chi connectivity index (χ0v) is 70.9. The lowest BCUT2D eigenvalue weighted by molar-refractivity contribution is 0.661. The Morgan fingerprint density at radius 1 is 0.211 bits per heavy atom. The number of aryl methyl sites for hydroxylation is 3. The maximum atomic E-state index is 5.29. The van der Waals surface area contributed by atoms with Crippen LogP contribution in [0.3, 0.4) is 0 Å². The minimum atomic E-state index is -0.214. The summed E-state index contributed by atoms with van der Waals surface area (Å²) in [4.78, 5) is 63.6. The van der Waals surface area contributed by atoms with Crippen molar-refractivity contribution in [1.82, 2.24) is 64.8 Å². The second kappa shape index (κ2) is 33.8. The largest absolute Gasteiger partial charge is 0.264 e. The molecule has 0 N–H and O–H groups in total. The van der Waals surface area contributed by atoms with Crippen LogP contribution >= 0.6 is 0 Å². The monoisotopic (exact) mass is 1640 g/mol. The van der Waals surface area contributed by atoms with E-state index in [0.29, 0.717) is 40.8 Å². The summed E-state index contributed by atoms with van der Waals surface area (Å²) in [5, 5.41) is 4.76. The van der Waals surface area contributed by atoms with Crippen molar-refractivity contribution in [3.8, 4) is 191 Å². The van der Waals surface area contributed by atoms with Crippen LogP contribution in [0.2, 0.25) is 0 Å². The van der Waals surface area contributed by atoms with Gasteiger partial charge in [0.15, 0.2) is 40.8 Å². The van der Waals surface area contributed by atoms with Crippen LogP contribution in [0.25, 0.3) is 213 Å². The molecule has 0 atom stereocenters. The van der Waals surface area contributed by atoms with Gasteiger partial charge in [0.25, 0.3) is 0 Å². The standard InChI is InChI=1S/C60H42N8.C55H39N5/c1-37-16-25-53(65-36-37)42-26-30-62-54(34-42)44-31-43(49-35-51-55(47-12-5-4-11-46(47)49)48-13-6-7-14-50(48)60(51,2)3)32-45(33-44)59-67-57(40-19-17-38(18-20-40)52-15-8-9-27-61-52)66-58(68-59)41-23-21-39(22-24-41)56-63-28-10-29-64-56;1-36-17-30-50(37(2)57-36)43-24-28-45(29-25-43)54-58-53(44-26-22-40(23-27-44)46-14-9-31-56-35-46)59-55(60-54)49-33-47(41-20-18-39(19-21-41)38-10-4-3-5-11-38)32-48(34-49)52-16-8-13-42-12-6-7-15-51(42)52/h4-36H,1-3H3;3-35H,1-2H3. The summed E-state index contributed by atoms with van der Waals surface area (Å²) < 4.78 is 0. The highest BCUT2D eigenvalue weighted by atomic mass is 15.0. The van der Waals surface area contributed by atoms with E-state index in [9.17, 15) is 0 Å². The Morgan fingerprint density at radius 2 is 0.688 bits per heavy atom. The molecule has 1 aliphatic carbocycles. The van der Waals surface area contributed by atoms with Gasteiger partial charge in [-0.1, -0.05) is 281 Å². The second-order valence-corrected chi connectivity index (χ2v) is 32.8. The molecule has 0 fully saturated rings. The van der Waals surface area contributed by atoms with Gasteiger partial charge < -0.3 is 0 Å². The van der Waals surface area contributed by atoms with E-state index in [2.05, 4.69) is 332 Å². The topological polar surface area (TPSA) is 168 Å². The Bertz CT molecular complexity index is 7620. The lowest BCUT2D eigenvalue weighted by Gasteiger charge is -2.23. The van der Waals surface area contributed by atoms with Gasteiger partial charge in [-0.2, -0.15) is 0 Å². The third kappa shape index (κ3) is 15.7. The first-order chi connectivity index (χ1) is 62.9. The fraction of sp³-hybridized carbons (Fsp3) is 0.0522. The van der Waals surface area contributed by atoms with Crippen LogP contribution in [0, 0.1) is 20.8 Å². The fourth-order valence-corrected chi connectivity index (χ4v) is 17.5. The number of nitrogens with zero attached hydrogens (tertiary/aromatic N) is 13. The molecule has 13 heteroatoms. The number of benzene rings is 13. The van der Waals surface area contributed by atoms with E-state index in [1.54, 1.807) is 18.6 Å².